The zero-order valence-corrected chi connectivity index (χ0v) is 7.20. The third kappa shape index (κ3) is 1.30. The molecule has 5 heteroatoms. The number of hydrogen-bond donors (Lipinski definition) is 0. The lowest BCUT2D eigenvalue weighted by Crippen LogP contribution is -2.26. The minimum absolute atomic E-state index is 0.0671. The highest BCUT2D eigenvalue weighted by Crippen LogP contribution is 2.14. The Kier molecular flexibility index (Phi) is 1.87. The summed E-state index contributed by atoms with van der Waals surface area (Å²) in [5, 5.41) is 11.1. The van der Waals surface area contributed by atoms with Crippen LogP contribution in [0.2, 0.25) is 0 Å². The van der Waals surface area contributed by atoms with Crippen LogP contribution < -0.4 is 0 Å². The highest BCUT2D eigenvalue weighted by Gasteiger charge is 2.34. The quantitative estimate of drug-likeness (QED) is 0.314. The molecule has 0 bridgehead atoms. The Labute approximate surface area is 69.9 Å². The Morgan fingerprint density at radius 1 is 1.75 bits per heavy atom. The van der Waals surface area contributed by atoms with E-state index >= 15 is 0 Å². The van der Waals surface area contributed by atoms with Crippen molar-refractivity contribution < 1.29 is 14.3 Å². The zero-order valence-electron chi connectivity index (χ0n) is 7.20. The van der Waals surface area contributed by atoms with Crippen LogP contribution in [-0.4, -0.2) is 35.4 Å². The van der Waals surface area contributed by atoms with E-state index in [0.717, 1.165) is 6.21 Å². The molecule has 0 N–H and O–H groups in total. The Bertz CT molecular complexity index is 278. The molecular weight excluding hydrogens is 160 g/mol. The lowest BCUT2D eigenvalue weighted by molar-refractivity contribution is -0.528. The molecule has 0 aromatic heterocycles. The fourth-order valence-corrected chi connectivity index (χ4v) is 0.845. The van der Waals surface area contributed by atoms with E-state index in [9.17, 15) is 10.0 Å². The molecule has 0 aromatic carbocycles. The van der Waals surface area contributed by atoms with Gasteiger partial charge < -0.3 is 9.94 Å². The number of carbonyl (C=O) groups is 1. The van der Waals surface area contributed by atoms with Crippen molar-refractivity contribution in [3.8, 4) is 0 Å². The highest BCUT2D eigenvalue weighted by molar-refractivity contribution is 6.58. The van der Waals surface area contributed by atoms with Crippen molar-refractivity contribution in [2.24, 2.45) is 4.99 Å². The smallest absolute Gasteiger partial charge is 0.362 e. The third-order valence-corrected chi connectivity index (χ3v) is 1.57. The van der Waals surface area contributed by atoms with Crippen molar-refractivity contribution >= 4 is 17.9 Å². The molecule has 0 fully saturated rings. The van der Waals surface area contributed by atoms with Crippen LogP contribution in [0.15, 0.2) is 4.99 Å². The van der Waals surface area contributed by atoms with Crippen molar-refractivity contribution in [2.45, 2.75) is 19.5 Å². The van der Waals surface area contributed by atoms with E-state index in [4.69, 9.17) is 0 Å². The summed E-state index contributed by atoms with van der Waals surface area (Å²) in [7, 11) is 1.25. The molecule has 1 aliphatic heterocycles. The fraction of sp³-hybridized carbons (Fsp3) is 0.571. The van der Waals surface area contributed by atoms with E-state index in [0.29, 0.717) is 4.74 Å². The predicted octanol–water partition coefficient (Wildman–Crippen LogP) is -0.0688. The van der Waals surface area contributed by atoms with Crippen molar-refractivity contribution in [1.82, 2.24) is 0 Å². The molecule has 1 aliphatic rings. The topological polar surface area (TPSA) is 64.7 Å². The molecule has 0 radical (unpaired) electrons. The van der Waals surface area contributed by atoms with Crippen LogP contribution in [0, 0.1) is 5.21 Å². The first kappa shape index (κ1) is 8.70. The predicted molar refractivity (Wildman–Crippen MR) is 43.2 cm³/mol. The van der Waals surface area contributed by atoms with Crippen LogP contribution in [0.25, 0.3) is 0 Å². The second-order valence-electron chi connectivity index (χ2n) is 2.94. The Morgan fingerprint density at radius 2 is 2.33 bits per heavy atom. The largest absolute Gasteiger partial charge is 0.622 e. The minimum Gasteiger partial charge on any atom is -0.622 e. The van der Waals surface area contributed by atoms with Gasteiger partial charge in [-0.05, 0) is 0 Å². The molecule has 0 spiro atoms. The van der Waals surface area contributed by atoms with Gasteiger partial charge in [0.25, 0.3) is 5.66 Å². The van der Waals surface area contributed by atoms with Crippen molar-refractivity contribution in [2.75, 3.05) is 7.11 Å². The van der Waals surface area contributed by atoms with Gasteiger partial charge in [0, 0.05) is 13.8 Å². The number of hydroxylamine groups is 1. The van der Waals surface area contributed by atoms with Crippen LogP contribution in [-0.2, 0) is 9.53 Å². The van der Waals surface area contributed by atoms with Gasteiger partial charge in [0.2, 0.25) is 11.9 Å². The molecule has 0 unspecified atom stereocenters. The number of aliphatic imine (C=N–C) groups is 1. The summed E-state index contributed by atoms with van der Waals surface area (Å²) in [6.07, 6.45) is 1.13. The first-order chi connectivity index (χ1) is 5.47. The van der Waals surface area contributed by atoms with Gasteiger partial charge in [0.1, 0.15) is 0 Å². The molecule has 0 aromatic rings. The van der Waals surface area contributed by atoms with Gasteiger partial charge in [-0.15, -0.1) is 0 Å². The molecule has 5 nitrogen and oxygen atoms in total. The molecule has 0 saturated carbocycles. The summed E-state index contributed by atoms with van der Waals surface area (Å²) >= 11 is 0. The molecule has 12 heavy (non-hydrogen) atoms. The third-order valence-electron chi connectivity index (χ3n) is 1.57. The SMILES string of the molecule is COC(=O)C1=NC(C)(C)[N+]([O-])=C1. The molecule has 0 atom stereocenters. The van der Waals surface area contributed by atoms with E-state index < -0.39 is 11.6 Å². The van der Waals surface area contributed by atoms with Gasteiger partial charge in [-0.2, -0.15) is 4.74 Å². The highest BCUT2D eigenvalue weighted by atomic mass is 16.5. The number of ether oxygens (including phenoxy) is 1. The Balaban J connectivity index is 2.93. The van der Waals surface area contributed by atoms with Gasteiger partial charge in [-0.25, -0.2) is 9.79 Å². The van der Waals surface area contributed by atoms with Crippen molar-refractivity contribution in [3.63, 3.8) is 0 Å². The number of hydrogen-bond acceptors (Lipinski definition) is 4. The van der Waals surface area contributed by atoms with Gasteiger partial charge in [-0.3, -0.25) is 0 Å². The molecule has 0 saturated heterocycles. The Hall–Kier alpha value is -1.39. The maximum Gasteiger partial charge on any atom is 0.362 e. The van der Waals surface area contributed by atoms with Crippen LogP contribution in [0.4, 0.5) is 0 Å². The van der Waals surface area contributed by atoms with Gasteiger partial charge in [0.05, 0.1) is 7.11 Å². The maximum absolute atomic E-state index is 11.1. The molecule has 1 rings (SSSR count). The molecule has 0 aliphatic carbocycles. The van der Waals surface area contributed by atoms with Crippen molar-refractivity contribution in [1.29, 1.82) is 0 Å². The first-order valence-electron chi connectivity index (χ1n) is 3.47. The monoisotopic (exact) mass is 170 g/mol. The Morgan fingerprint density at radius 3 is 2.67 bits per heavy atom. The van der Waals surface area contributed by atoms with Crippen LogP contribution in [0.5, 0.6) is 0 Å². The molecular formula is C7H10N2O3. The summed E-state index contributed by atoms with van der Waals surface area (Å²) in [6, 6.07) is 0. The number of esters is 1. The second kappa shape index (κ2) is 2.58. The summed E-state index contributed by atoms with van der Waals surface area (Å²) in [4.78, 5) is 14.8. The average molecular weight is 170 g/mol. The van der Waals surface area contributed by atoms with E-state index in [-0.39, 0.29) is 5.71 Å². The normalized spacial score (nSPS) is 19.9. The molecule has 1 heterocycles. The molecule has 66 valence electrons. The lowest BCUT2D eigenvalue weighted by Gasteiger charge is -2.13. The summed E-state index contributed by atoms with van der Waals surface area (Å²) < 4.78 is 5.03. The first-order valence-corrected chi connectivity index (χ1v) is 3.47. The summed E-state index contributed by atoms with van der Waals surface area (Å²) in [6.45, 7) is 3.24. The number of nitrogens with zero attached hydrogens (tertiary/aromatic N) is 2. The van der Waals surface area contributed by atoms with Crippen molar-refractivity contribution in [3.05, 3.63) is 5.21 Å². The summed E-state index contributed by atoms with van der Waals surface area (Å²) in [5.74, 6) is -0.582. The van der Waals surface area contributed by atoms with Crippen LogP contribution in [0.3, 0.4) is 0 Å². The van der Waals surface area contributed by atoms with Crippen LogP contribution >= 0.6 is 0 Å². The standard InChI is InChI=1S/C7H10N2O3/c1-7(2)8-5(4-9(7)11)6(10)12-3/h4H,1-3H3. The molecule has 0 amide bonds. The summed E-state index contributed by atoms with van der Waals surface area (Å²) in [5.41, 5.74) is -0.818. The van der Waals surface area contributed by atoms with E-state index in [1.807, 2.05) is 0 Å². The second-order valence-corrected chi connectivity index (χ2v) is 2.94. The average Bonchev–Trinajstić information content (AvgIpc) is 2.25. The fourth-order valence-electron chi connectivity index (χ4n) is 0.845. The van der Waals surface area contributed by atoms with Gasteiger partial charge in [0.15, 0.2) is 0 Å². The number of methoxy groups -OCH3 is 1. The van der Waals surface area contributed by atoms with E-state index in [1.54, 1.807) is 13.8 Å². The zero-order chi connectivity index (χ0) is 9.35. The van der Waals surface area contributed by atoms with E-state index in [2.05, 4.69) is 9.73 Å². The lowest BCUT2D eigenvalue weighted by atomic mass is 10.3. The minimum atomic E-state index is -0.885. The van der Waals surface area contributed by atoms with Crippen LogP contribution in [0.1, 0.15) is 13.8 Å². The number of rotatable bonds is 1. The van der Waals surface area contributed by atoms with Gasteiger partial charge in [-0.1, -0.05) is 0 Å². The number of carbonyl (C=O) groups excluding carboxylic acids is 1. The van der Waals surface area contributed by atoms with E-state index in [1.165, 1.54) is 7.11 Å². The van der Waals surface area contributed by atoms with Gasteiger partial charge >= 0.3 is 5.97 Å². The maximum atomic E-state index is 11.1.